The molecule has 3 rings (SSSR count). The molecular weight excluding hydrogens is 371 g/mol. The van der Waals surface area contributed by atoms with Crippen molar-refractivity contribution in [3.8, 4) is 22.6 Å². The predicted octanol–water partition coefficient (Wildman–Crippen LogP) is 4.93. The molecule has 0 aliphatic carbocycles. The number of ether oxygens (including phenoxy) is 2. The van der Waals surface area contributed by atoms with Crippen LogP contribution < -0.4 is 15.2 Å². The van der Waals surface area contributed by atoms with Crippen LogP contribution >= 0.6 is 0 Å². The van der Waals surface area contributed by atoms with Gasteiger partial charge in [0.25, 0.3) is 0 Å². The Bertz CT molecular complexity index is 972. The number of carbonyl (C=O) groups is 1. The van der Waals surface area contributed by atoms with Gasteiger partial charge in [-0.1, -0.05) is 48.5 Å². The van der Waals surface area contributed by atoms with E-state index < -0.39 is 18.0 Å². The van der Waals surface area contributed by atoms with Gasteiger partial charge in [-0.3, -0.25) is 4.79 Å². The zero-order valence-electron chi connectivity index (χ0n) is 14.6. The third-order valence-electron chi connectivity index (χ3n) is 3.91. The van der Waals surface area contributed by atoms with E-state index in [1.54, 1.807) is 12.1 Å². The average molecular weight is 387 g/mol. The van der Waals surface area contributed by atoms with Crippen LogP contribution in [0.15, 0.2) is 72.8 Å². The fourth-order valence-electron chi connectivity index (χ4n) is 2.70. The molecule has 0 radical (unpaired) electrons. The monoisotopic (exact) mass is 387 g/mol. The van der Waals surface area contributed by atoms with E-state index in [0.717, 1.165) is 5.56 Å². The van der Waals surface area contributed by atoms with Gasteiger partial charge >= 0.3 is 6.36 Å². The lowest BCUT2D eigenvalue weighted by molar-refractivity contribution is -0.274. The van der Waals surface area contributed by atoms with Crippen LogP contribution in [0.3, 0.4) is 0 Å². The summed E-state index contributed by atoms with van der Waals surface area (Å²) in [6, 6.07) is 19.4. The molecule has 0 unspecified atom stereocenters. The molecule has 28 heavy (non-hydrogen) atoms. The van der Waals surface area contributed by atoms with Crippen molar-refractivity contribution < 1.29 is 27.4 Å². The molecule has 0 aliphatic heterocycles. The molecule has 3 aromatic carbocycles. The minimum absolute atomic E-state index is 0.0313. The largest absolute Gasteiger partial charge is 0.573 e. The summed E-state index contributed by atoms with van der Waals surface area (Å²) in [6.07, 6.45) is -4.86. The highest BCUT2D eigenvalue weighted by molar-refractivity contribution is 6.01. The first-order valence-corrected chi connectivity index (χ1v) is 8.29. The molecule has 0 saturated carbocycles. The number of benzene rings is 3. The van der Waals surface area contributed by atoms with E-state index in [9.17, 15) is 18.0 Å². The molecule has 0 bridgehead atoms. The molecule has 0 aromatic heterocycles. The maximum atomic E-state index is 12.7. The van der Waals surface area contributed by atoms with Crippen molar-refractivity contribution in [2.45, 2.75) is 13.0 Å². The summed E-state index contributed by atoms with van der Waals surface area (Å²) in [5, 5.41) is 0. The Hall–Kier alpha value is -3.48. The van der Waals surface area contributed by atoms with Gasteiger partial charge in [-0.25, -0.2) is 0 Å². The SMILES string of the molecule is NC(=O)c1cc(OCc2ccccc2)ccc1-c1ccccc1OC(F)(F)F. The van der Waals surface area contributed by atoms with Gasteiger partial charge in [-0.15, -0.1) is 13.2 Å². The highest BCUT2D eigenvalue weighted by Gasteiger charge is 2.32. The molecule has 4 nitrogen and oxygen atoms in total. The molecule has 0 atom stereocenters. The Kier molecular flexibility index (Phi) is 5.54. The first-order valence-electron chi connectivity index (χ1n) is 8.29. The minimum atomic E-state index is -4.86. The molecule has 2 N–H and O–H groups in total. The van der Waals surface area contributed by atoms with E-state index in [4.69, 9.17) is 10.5 Å². The summed E-state index contributed by atoms with van der Waals surface area (Å²) in [7, 11) is 0. The normalized spacial score (nSPS) is 11.1. The predicted molar refractivity (Wildman–Crippen MR) is 97.9 cm³/mol. The molecule has 144 valence electrons. The van der Waals surface area contributed by atoms with E-state index in [-0.39, 0.29) is 23.3 Å². The zero-order valence-corrected chi connectivity index (χ0v) is 14.6. The number of amides is 1. The van der Waals surface area contributed by atoms with E-state index >= 15 is 0 Å². The lowest BCUT2D eigenvalue weighted by Crippen LogP contribution is -2.18. The second-order valence-corrected chi connectivity index (χ2v) is 5.89. The number of alkyl halides is 3. The highest BCUT2D eigenvalue weighted by Crippen LogP contribution is 2.36. The Labute approximate surface area is 159 Å². The van der Waals surface area contributed by atoms with Gasteiger partial charge in [0.15, 0.2) is 0 Å². The number of hydrogen-bond acceptors (Lipinski definition) is 3. The van der Waals surface area contributed by atoms with E-state index in [1.165, 1.54) is 30.3 Å². The molecule has 0 fully saturated rings. The topological polar surface area (TPSA) is 61.6 Å². The third kappa shape index (κ3) is 4.82. The highest BCUT2D eigenvalue weighted by atomic mass is 19.4. The number of halogens is 3. The zero-order chi connectivity index (χ0) is 20.1. The van der Waals surface area contributed by atoms with Crippen molar-refractivity contribution in [1.82, 2.24) is 0 Å². The molecule has 0 heterocycles. The van der Waals surface area contributed by atoms with E-state index in [1.807, 2.05) is 30.3 Å². The fraction of sp³-hybridized carbons (Fsp3) is 0.0952. The number of hydrogen-bond donors (Lipinski definition) is 1. The van der Waals surface area contributed by atoms with Crippen LogP contribution in [-0.4, -0.2) is 12.3 Å². The van der Waals surface area contributed by atoms with Crippen LogP contribution in [0.2, 0.25) is 0 Å². The maximum absolute atomic E-state index is 12.7. The molecule has 0 saturated heterocycles. The van der Waals surface area contributed by atoms with E-state index in [0.29, 0.717) is 5.75 Å². The Balaban J connectivity index is 1.93. The minimum Gasteiger partial charge on any atom is -0.489 e. The van der Waals surface area contributed by atoms with Crippen LogP contribution in [0.4, 0.5) is 13.2 Å². The van der Waals surface area contributed by atoms with E-state index in [2.05, 4.69) is 4.74 Å². The third-order valence-corrected chi connectivity index (χ3v) is 3.91. The summed E-state index contributed by atoms with van der Waals surface area (Å²) in [5.41, 5.74) is 6.73. The summed E-state index contributed by atoms with van der Waals surface area (Å²) >= 11 is 0. The summed E-state index contributed by atoms with van der Waals surface area (Å²) in [4.78, 5) is 11.9. The van der Waals surface area contributed by atoms with Gasteiger partial charge in [0, 0.05) is 5.56 Å². The van der Waals surface area contributed by atoms with Crippen molar-refractivity contribution in [2.24, 2.45) is 5.73 Å². The van der Waals surface area contributed by atoms with Gasteiger partial charge < -0.3 is 15.2 Å². The van der Waals surface area contributed by atoms with Crippen molar-refractivity contribution >= 4 is 5.91 Å². The van der Waals surface area contributed by atoms with Crippen molar-refractivity contribution in [3.63, 3.8) is 0 Å². The Morgan fingerprint density at radius 1 is 0.893 bits per heavy atom. The summed E-state index contributed by atoms with van der Waals surface area (Å²) in [5.74, 6) is -0.840. The standard InChI is InChI=1S/C21H16F3NO3/c22-21(23,24)28-19-9-5-4-8-17(19)16-11-10-15(12-18(16)20(25)26)27-13-14-6-2-1-3-7-14/h1-12H,13H2,(H2,25,26). The molecular formula is C21H16F3NO3. The maximum Gasteiger partial charge on any atom is 0.573 e. The molecule has 1 amide bonds. The van der Waals surface area contributed by atoms with Crippen molar-refractivity contribution in [3.05, 3.63) is 83.9 Å². The van der Waals surface area contributed by atoms with Gasteiger partial charge in [0.05, 0.1) is 5.56 Å². The lowest BCUT2D eigenvalue weighted by atomic mass is 9.98. The van der Waals surface area contributed by atoms with Crippen LogP contribution in [0.1, 0.15) is 15.9 Å². The Morgan fingerprint density at radius 2 is 1.57 bits per heavy atom. The quantitative estimate of drug-likeness (QED) is 0.652. The number of nitrogens with two attached hydrogens (primary N) is 1. The first-order chi connectivity index (χ1) is 13.3. The average Bonchev–Trinajstić information content (AvgIpc) is 2.66. The second-order valence-electron chi connectivity index (χ2n) is 5.89. The number of para-hydroxylation sites is 1. The van der Waals surface area contributed by atoms with Gasteiger partial charge in [-0.05, 0) is 35.4 Å². The van der Waals surface area contributed by atoms with Crippen LogP contribution in [0.5, 0.6) is 11.5 Å². The molecule has 7 heteroatoms. The number of primary amides is 1. The second kappa shape index (κ2) is 8.04. The summed E-state index contributed by atoms with van der Waals surface area (Å²) in [6.45, 7) is 0.270. The molecule has 3 aromatic rings. The van der Waals surface area contributed by atoms with Crippen molar-refractivity contribution in [1.29, 1.82) is 0 Å². The number of carbonyl (C=O) groups excluding carboxylic acids is 1. The number of rotatable bonds is 6. The van der Waals surface area contributed by atoms with Gasteiger partial charge in [0.1, 0.15) is 18.1 Å². The van der Waals surface area contributed by atoms with Gasteiger partial charge in [0.2, 0.25) is 5.91 Å². The van der Waals surface area contributed by atoms with Gasteiger partial charge in [-0.2, -0.15) is 0 Å². The van der Waals surface area contributed by atoms with Crippen molar-refractivity contribution in [2.75, 3.05) is 0 Å². The molecule has 0 aliphatic rings. The summed E-state index contributed by atoms with van der Waals surface area (Å²) < 4.78 is 47.8. The Morgan fingerprint density at radius 3 is 2.25 bits per heavy atom. The first kappa shape index (κ1) is 19.3. The van der Waals surface area contributed by atoms with Crippen LogP contribution in [0.25, 0.3) is 11.1 Å². The fourth-order valence-corrected chi connectivity index (χ4v) is 2.70. The smallest absolute Gasteiger partial charge is 0.489 e. The van der Waals surface area contributed by atoms with Crippen LogP contribution in [-0.2, 0) is 6.61 Å². The van der Waals surface area contributed by atoms with Crippen LogP contribution in [0, 0.1) is 0 Å². The lowest BCUT2D eigenvalue weighted by Gasteiger charge is -2.16. The molecule has 0 spiro atoms.